The molecular weight excluding hydrogens is 377 g/mol. The highest BCUT2D eigenvalue weighted by Gasteiger charge is 2.38. The van der Waals surface area contributed by atoms with Gasteiger partial charge >= 0.3 is 0 Å². The molecule has 152 valence electrons. The van der Waals surface area contributed by atoms with Gasteiger partial charge in [-0.3, -0.25) is 4.79 Å². The molecule has 0 bridgehead atoms. The number of aliphatic hydroxyl groups is 1. The molecule has 0 unspecified atom stereocenters. The van der Waals surface area contributed by atoms with E-state index in [9.17, 15) is 23.1 Å². The standard InChI is InChI=1S/C18H21F3N4O3/c1-2-16-23-24-18(28-16)15-6-11(26)8-25(15)17(27)5-10(22)3-9-4-13(20)14(21)7-12(9)19/h4,7,10-11,15,26H,2-3,5-6,8,22H2,1H3/t10-,11-,15-/m1/s1. The van der Waals surface area contributed by atoms with E-state index in [1.54, 1.807) is 0 Å². The highest BCUT2D eigenvalue weighted by molar-refractivity contribution is 5.77. The van der Waals surface area contributed by atoms with Crippen molar-refractivity contribution in [3.8, 4) is 0 Å². The number of aliphatic hydroxyl groups excluding tert-OH is 1. The molecule has 3 atom stereocenters. The highest BCUT2D eigenvalue weighted by Crippen LogP contribution is 2.32. The minimum Gasteiger partial charge on any atom is -0.423 e. The zero-order valence-electron chi connectivity index (χ0n) is 15.2. The Bertz CT molecular complexity index is 861. The van der Waals surface area contributed by atoms with Crippen molar-refractivity contribution < 1.29 is 27.5 Å². The van der Waals surface area contributed by atoms with Gasteiger partial charge in [0.1, 0.15) is 11.9 Å². The zero-order valence-corrected chi connectivity index (χ0v) is 15.2. The van der Waals surface area contributed by atoms with Gasteiger partial charge in [0.25, 0.3) is 0 Å². The number of carbonyl (C=O) groups is 1. The van der Waals surface area contributed by atoms with Gasteiger partial charge in [0, 0.05) is 37.9 Å². The van der Waals surface area contributed by atoms with Crippen molar-refractivity contribution in [3.05, 3.63) is 46.9 Å². The SMILES string of the molecule is CCc1nnc([C@H]2C[C@@H](O)CN2C(=O)C[C@H](N)Cc2cc(F)c(F)cc2F)o1. The molecule has 1 saturated heterocycles. The summed E-state index contributed by atoms with van der Waals surface area (Å²) in [6.45, 7) is 1.93. The van der Waals surface area contributed by atoms with Crippen LogP contribution in [0.3, 0.4) is 0 Å². The van der Waals surface area contributed by atoms with Gasteiger partial charge in [0.05, 0.1) is 6.10 Å². The lowest BCUT2D eigenvalue weighted by molar-refractivity contribution is -0.133. The van der Waals surface area contributed by atoms with Gasteiger partial charge in [-0.25, -0.2) is 13.2 Å². The van der Waals surface area contributed by atoms with E-state index >= 15 is 0 Å². The van der Waals surface area contributed by atoms with Crippen LogP contribution in [0.15, 0.2) is 16.5 Å². The number of carbonyl (C=O) groups excluding carboxylic acids is 1. The Labute approximate surface area is 159 Å². The summed E-state index contributed by atoms with van der Waals surface area (Å²) in [5, 5.41) is 17.8. The topological polar surface area (TPSA) is 105 Å². The smallest absolute Gasteiger partial charge is 0.239 e. The van der Waals surface area contributed by atoms with E-state index in [0.717, 1.165) is 6.07 Å². The number of benzene rings is 1. The second-order valence-corrected chi connectivity index (χ2v) is 6.87. The van der Waals surface area contributed by atoms with Crippen molar-refractivity contribution in [1.82, 2.24) is 15.1 Å². The van der Waals surface area contributed by atoms with Gasteiger partial charge in [-0.05, 0) is 18.1 Å². The van der Waals surface area contributed by atoms with Gasteiger partial charge in [0.15, 0.2) is 11.6 Å². The first-order valence-electron chi connectivity index (χ1n) is 8.97. The number of nitrogens with zero attached hydrogens (tertiary/aromatic N) is 3. The maximum Gasteiger partial charge on any atom is 0.239 e. The molecule has 1 amide bonds. The van der Waals surface area contributed by atoms with Crippen LogP contribution in [0.4, 0.5) is 13.2 Å². The average molecular weight is 398 g/mol. The van der Waals surface area contributed by atoms with Crippen LogP contribution >= 0.6 is 0 Å². The van der Waals surface area contributed by atoms with Gasteiger partial charge in [-0.2, -0.15) is 0 Å². The molecule has 0 saturated carbocycles. The van der Waals surface area contributed by atoms with Crippen LogP contribution in [0.5, 0.6) is 0 Å². The van der Waals surface area contributed by atoms with Crippen LogP contribution in [0.1, 0.15) is 43.2 Å². The van der Waals surface area contributed by atoms with Gasteiger partial charge < -0.3 is 20.2 Å². The summed E-state index contributed by atoms with van der Waals surface area (Å²) in [4.78, 5) is 14.1. The molecule has 1 aromatic carbocycles. The number of hydrogen-bond donors (Lipinski definition) is 2. The van der Waals surface area contributed by atoms with Crippen molar-refractivity contribution in [3.63, 3.8) is 0 Å². The Balaban J connectivity index is 1.68. The summed E-state index contributed by atoms with van der Waals surface area (Å²) in [5.74, 6) is -3.11. The normalized spacial score (nSPS) is 20.6. The molecule has 2 heterocycles. The van der Waals surface area contributed by atoms with E-state index in [1.165, 1.54) is 4.90 Å². The van der Waals surface area contributed by atoms with Crippen molar-refractivity contribution in [2.24, 2.45) is 5.73 Å². The monoisotopic (exact) mass is 398 g/mol. The summed E-state index contributed by atoms with van der Waals surface area (Å²) >= 11 is 0. The number of hydrogen-bond acceptors (Lipinski definition) is 6. The quantitative estimate of drug-likeness (QED) is 0.717. The van der Waals surface area contributed by atoms with E-state index in [4.69, 9.17) is 10.2 Å². The summed E-state index contributed by atoms with van der Waals surface area (Å²) in [6.07, 6.45) is -0.261. The van der Waals surface area contributed by atoms with E-state index < -0.39 is 35.6 Å². The number of rotatable bonds is 6. The second-order valence-electron chi connectivity index (χ2n) is 6.87. The Morgan fingerprint density at radius 1 is 1.32 bits per heavy atom. The van der Waals surface area contributed by atoms with Crippen LogP contribution in [0, 0.1) is 17.5 Å². The Hall–Kier alpha value is -2.46. The summed E-state index contributed by atoms with van der Waals surface area (Å²) < 4.78 is 45.6. The predicted octanol–water partition coefficient (Wildman–Crippen LogP) is 1.64. The minimum absolute atomic E-state index is 0.0829. The molecule has 10 heteroatoms. The third kappa shape index (κ3) is 4.33. The lowest BCUT2D eigenvalue weighted by atomic mass is 10.0. The number of aryl methyl sites for hydroxylation is 1. The van der Waals surface area contributed by atoms with Crippen molar-refractivity contribution >= 4 is 5.91 Å². The maximum absolute atomic E-state index is 13.8. The van der Waals surface area contributed by atoms with Gasteiger partial charge in [-0.15, -0.1) is 10.2 Å². The average Bonchev–Trinajstić information content (AvgIpc) is 3.25. The van der Waals surface area contributed by atoms with E-state index in [1.807, 2.05) is 6.92 Å². The molecule has 7 nitrogen and oxygen atoms in total. The van der Waals surface area contributed by atoms with Crippen LogP contribution < -0.4 is 5.73 Å². The number of nitrogens with two attached hydrogens (primary N) is 1. The molecule has 1 aliphatic heterocycles. The van der Waals surface area contributed by atoms with E-state index in [0.29, 0.717) is 18.4 Å². The molecule has 2 aromatic rings. The fourth-order valence-electron chi connectivity index (χ4n) is 3.28. The molecule has 28 heavy (non-hydrogen) atoms. The fraction of sp³-hybridized carbons (Fsp3) is 0.500. The molecule has 0 aliphatic carbocycles. The molecular formula is C18H21F3N4O3. The summed E-state index contributed by atoms with van der Waals surface area (Å²) in [6, 6.07) is -0.198. The van der Waals surface area contributed by atoms with Gasteiger partial charge in [0.2, 0.25) is 17.7 Å². The minimum atomic E-state index is -1.29. The molecule has 1 aromatic heterocycles. The lowest BCUT2D eigenvalue weighted by Crippen LogP contribution is -2.37. The van der Waals surface area contributed by atoms with E-state index in [2.05, 4.69) is 10.2 Å². The molecule has 1 aliphatic rings. The fourth-order valence-corrected chi connectivity index (χ4v) is 3.28. The Morgan fingerprint density at radius 2 is 2.04 bits per heavy atom. The molecule has 0 spiro atoms. The number of aromatic nitrogens is 2. The first-order chi connectivity index (χ1) is 13.3. The maximum atomic E-state index is 13.8. The zero-order chi connectivity index (χ0) is 20.4. The van der Waals surface area contributed by atoms with Crippen molar-refractivity contribution in [1.29, 1.82) is 0 Å². The van der Waals surface area contributed by atoms with Crippen LogP contribution in [0.25, 0.3) is 0 Å². The Morgan fingerprint density at radius 3 is 2.71 bits per heavy atom. The lowest BCUT2D eigenvalue weighted by Gasteiger charge is -2.23. The number of β-amino-alcohol motifs (C(OH)–C–C–N with tert-alkyl or cyclic N) is 1. The number of likely N-dealkylation sites (tertiary alicyclic amines) is 1. The van der Waals surface area contributed by atoms with Crippen molar-refractivity contribution in [2.45, 2.75) is 50.8 Å². The third-order valence-corrected chi connectivity index (χ3v) is 4.68. The first kappa shape index (κ1) is 20.3. The molecule has 3 rings (SSSR count). The third-order valence-electron chi connectivity index (χ3n) is 4.68. The van der Waals surface area contributed by atoms with Crippen LogP contribution in [-0.2, 0) is 17.6 Å². The number of halogens is 3. The Kier molecular flexibility index (Phi) is 5.99. The first-order valence-corrected chi connectivity index (χ1v) is 8.97. The van der Waals surface area contributed by atoms with Crippen LogP contribution in [0.2, 0.25) is 0 Å². The number of amides is 1. The molecule has 3 N–H and O–H groups in total. The van der Waals surface area contributed by atoms with Gasteiger partial charge in [-0.1, -0.05) is 6.92 Å². The van der Waals surface area contributed by atoms with Crippen molar-refractivity contribution in [2.75, 3.05) is 6.54 Å². The summed E-state index contributed by atoms with van der Waals surface area (Å²) in [5.41, 5.74) is 5.82. The second kappa shape index (κ2) is 8.27. The molecule has 0 radical (unpaired) electrons. The highest BCUT2D eigenvalue weighted by atomic mass is 19.2. The van der Waals surface area contributed by atoms with E-state index in [-0.39, 0.29) is 43.2 Å². The predicted molar refractivity (Wildman–Crippen MR) is 91.4 cm³/mol. The largest absolute Gasteiger partial charge is 0.423 e. The molecule has 1 fully saturated rings. The summed E-state index contributed by atoms with van der Waals surface area (Å²) in [7, 11) is 0. The van der Waals surface area contributed by atoms with Crippen LogP contribution in [-0.4, -0.2) is 44.8 Å².